The van der Waals surface area contributed by atoms with Gasteiger partial charge in [0.05, 0.1) is 0 Å². The summed E-state index contributed by atoms with van der Waals surface area (Å²) in [5.41, 5.74) is 1.39. The summed E-state index contributed by atoms with van der Waals surface area (Å²) in [5, 5.41) is 3.38. The van der Waals surface area contributed by atoms with Crippen molar-refractivity contribution in [3.8, 4) is 11.5 Å². The fraction of sp³-hybridized carbons (Fsp3) is 0.400. The van der Waals surface area contributed by atoms with Gasteiger partial charge in [0.15, 0.2) is 0 Å². The number of benzene rings is 2. The Morgan fingerprint density at radius 2 is 1.96 bits per heavy atom. The van der Waals surface area contributed by atoms with E-state index in [9.17, 15) is 0 Å². The molecule has 0 amide bonds. The summed E-state index contributed by atoms with van der Waals surface area (Å²) in [4.78, 5) is 2.65. The van der Waals surface area contributed by atoms with E-state index >= 15 is 0 Å². The van der Waals surface area contributed by atoms with Gasteiger partial charge < -0.3 is 10.1 Å². The van der Waals surface area contributed by atoms with Crippen LogP contribution in [0.5, 0.6) is 11.5 Å². The van der Waals surface area contributed by atoms with E-state index in [1.54, 1.807) is 0 Å². The molecular weight excluding hydrogens is 284 g/mol. The number of nitrogens with one attached hydrogen (secondary N) is 1. The number of rotatable bonds is 4. The van der Waals surface area contributed by atoms with E-state index in [1.807, 2.05) is 36.4 Å². The second kappa shape index (κ2) is 6.73. The van der Waals surface area contributed by atoms with Crippen LogP contribution in [0.15, 0.2) is 48.5 Å². The van der Waals surface area contributed by atoms with Gasteiger partial charge in [-0.25, -0.2) is 0 Å². The van der Waals surface area contributed by atoms with E-state index in [-0.39, 0.29) is 0 Å². The number of nitrogens with zero attached hydrogens (tertiary/aromatic N) is 1. The Balaban J connectivity index is 1.41. The Morgan fingerprint density at radius 1 is 1.09 bits per heavy atom. The first kappa shape index (κ1) is 14.7. The number of hydrogen-bond donors (Lipinski definition) is 1. The van der Waals surface area contributed by atoms with Gasteiger partial charge in [-0.05, 0) is 55.1 Å². The minimum absolute atomic E-state index is 0.631. The summed E-state index contributed by atoms with van der Waals surface area (Å²) in [6.07, 6.45) is 2.58. The van der Waals surface area contributed by atoms with Gasteiger partial charge in [0.2, 0.25) is 0 Å². The van der Waals surface area contributed by atoms with Crippen LogP contribution in [-0.2, 0) is 0 Å². The zero-order valence-corrected chi connectivity index (χ0v) is 13.4. The number of likely N-dealkylation sites (tertiary alicyclic amines) is 1. The normalized spacial score (nSPS) is 22.5. The molecule has 2 aromatic rings. The Labute approximate surface area is 138 Å². The molecule has 1 radical (unpaired) electrons. The first-order valence-corrected chi connectivity index (χ1v) is 8.58. The molecule has 0 saturated carbocycles. The van der Waals surface area contributed by atoms with Gasteiger partial charge in [-0.3, -0.25) is 4.90 Å². The lowest BCUT2D eigenvalue weighted by atomic mass is 9.89. The quantitative estimate of drug-likeness (QED) is 0.936. The summed E-state index contributed by atoms with van der Waals surface area (Å²) in [6.45, 7) is 4.74. The first-order chi connectivity index (χ1) is 11.4. The lowest BCUT2D eigenvalue weighted by Gasteiger charge is -2.43. The number of hydrogen-bond acceptors (Lipinski definition) is 3. The van der Waals surface area contributed by atoms with E-state index in [0.717, 1.165) is 30.6 Å². The second-order valence-corrected chi connectivity index (χ2v) is 6.55. The van der Waals surface area contributed by atoms with Crippen molar-refractivity contribution >= 4 is 0 Å². The highest BCUT2D eigenvalue weighted by Gasteiger charge is 2.29. The highest BCUT2D eigenvalue weighted by atomic mass is 16.5. The molecule has 2 aliphatic rings. The van der Waals surface area contributed by atoms with Crippen LogP contribution in [0.25, 0.3) is 0 Å². The Kier molecular flexibility index (Phi) is 4.31. The summed E-state index contributed by atoms with van der Waals surface area (Å²) in [6, 6.07) is 20.3. The van der Waals surface area contributed by atoms with Gasteiger partial charge in [-0.1, -0.05) is 24.3 Å². The zero-order chi connectivity index (χ0) is 15.5. The molecule has 2 heterocycles. The van der Waals surface area contributed by atoms with Gasteiger partial charge in [-0.15, -0.1) is 0 Å². The third-order valence-electron chi connectivity index (χ3n) is 4.98. The molecular formula is C20H23N2O. The molecule has 3 nitrogen and oxygen atoms in total. The molecule has 0 spiro atoms. The maximum Gasteiger partial charge on any atom is 0.135 e. The van der Waals surface area contributed by atoms with Crippen LogP contribution in [0.4, 0.5) is 0 Å². The average Bonchev–Trinajstić information content (AvgIpc) is 2.55. The summed E-state index contributed by atoms with van der Waals surface area (Å²) in [7, 11) is 0. The van der Waals surface area contributed by atoms with E-state index in [1.165, 1.54) is 31.5 Å². The second-order valence-electron chi connectivity index (χ2n) is 6.55. The van der Waals surface area contributed by atoms with Gasteiger partial charge in [0, 0.05) is 31.7 Å². The Morgan fingerprint density at radius 3 is 2.65 bits per heavy atom. The van der Waals surface area contributed by atoms with Gasteiger partial charge in [0.1, 0.15) is 11.5 Å². The maximum absolute atomic E-state index is 5.83. The standard InChI is InChI=1S/C20H23N2O/c1-2-6-19(7-3-1)23-20-10-8-16(9-11-20)17-5-4-12-22(15-17)18-13-21-14-18/h1-3,6-10,17-18,21H,4-5,12-15H2/t17-/m0/s1. The molecule has 1 N–H and O–H groups in total. The van der Waals surface area contributed by atoms with E-state index in [4.69, 9.17) is 4.74 Å². The van der Waals surface area contributed by atoms with Crippen molar-refractivity contribution < 1.29 is 4.74 Å². The van der Waals surface area contributed by atoms with Gasteiger partial charge >= 0.3 is 0 Å². The number of piperidine rings is 1. The van der Waals surface area contributed by atoms with Crippen molar-refractivity contribution in [1.82, 2.24) is 10.2 Å². The van der Waals surface area contributed by atoms with Crippen molar-refractivity contribution in [3.63, 3.8) is 0 Å². The predicted octanol–water partition coefficient (Wildman–Crippen LogP) is 3.43. The van der Waals surface area contributed by atoms with E-state index in [2.05, 4.69) is 28.4 Å². The average molecular weight is 307 g/mol. The zero-order valence-electron chi connectivity index (χ0n) is 13.4. The van der Waals surface area contributed by atoms with Gasteiger partial charge in [0.25, 0.3) is 0 Å². The van der Waals surface area contributed by atoms with Crippen molar-refractivity contribution in [2.75, 3.05) is 26.2 Å². The van der Waals surface area contributed by atoms with Crippen LogP contribution in [0, 0.1) is 6.07 Å². The summed E-state index contributed by atoms with van der Waals surface area (Å²) >= 11 is 0. The maximum atomic E-state index is 5.83. The van der Waals surface area contributed by atoms with Crippen molar-refractivity contribution in [2.45, 2.75) is 24.8 Å². The van der Waals surface area contributed by atoms with Gasteiger partial charge in [-0.2, -0.15) is 0 Å². The molecule has 0 bridgehead atoms. The monoisotopic (exact) mass is 307 g/mol. The Bertz CT molecular complexity index is 622. The van der Waals surface area contributed by atoms with E-state index < -0.39 is 0 Å². The highest BCUT2D eigenvalue weighted by Crippen LogP contribution is 2.30. The van der Waals surface area contributed by atoms with E-state index in [0.29, 0.717) is 5.92 Å². The third kappa shape index (κ3) is 3.41. The molecule has 0 unspecified atom stereocenters. The molecule has 119 valence electrons. The molecule has 4 rings (SSSR count). The van der Waals surface area contributed by atoms with Crippen molar-refractivity contribution in [1.29, 1.82) is 0 Å². The Hall–Kier alpha value is -1.84. The van der Waals surface area contributed by atoms with Crippen LogP contribution < -0.4 is 10.1 Å². The molecule has 0 aliphatic carbocycles. The fourth-order valence-electron chi connectivity index (χ4n) is 3.50. The number of para-hydroxylation sites is 1. The molecule has 23 heavy (non-hydrogen) atoms. The summed E-state index contributed by atoms with van der Waals surface area (Å²) in [5.74, 6) is 2.28. The SMILES string of the molecule is [c]1cc([C@H]2CCCN(C3CNC3)C2)ccc1Oc1ccccc1. The van der Waals surface area contributed by atoms with Crippen LogP contribution >= 0.6 is 0 Å². The molecule has 0 aromatic heterocycles. The predicted molar refractivity (Wildman–Crippen MR) is 92.0 cm³/mol. The lowest BCUT2D eigenvalue weighted by molar-refractivity contribution is 0.110. The first-order valence-electron chi connectivity index (χ1n) is 8.58. The molecule has 3 heteroatoms. The molecule has 2 aliphatic heterocycles. The van der Waals surface area contributed by atoms with Crippen LogP contribution in [-0.4, -0.2) is 37.1 Å². The topological polar surface area (TPSA) is 24.5 Å². The minimum Gasteiger partial charge on any atom is -0.457 e. The largest absolute Gasteiger partial charge is 0.457 e. The van der Waals surface area contributed by atoms with Crippen molar-refractivity contribution in [2.24, 2.45) is 0 Å². The molecule has 2 fully saturated rings. The third-order valence-corrected chi connectivity index (χ3v) is 4.98. The minimum atomic E-state index is 0.631. The van der Waals surface area contributed by atoms with Crippen LogP contribution in [0.2, 0.25) is 0 Å². The number of ether oxygens (including phenoxy) is 1. The smallest absolute Gasteiger partial charge is 0.135 e. The molecule has 2 saturated heterocycles. The molecule has 2 aromatic carbocycles. The molecule has 1 atom stereocenters. The summed E-state index contributed by atoms with van der Waals surface area (Å²) < 4.78 is 5.83. The van der Waals surface area contributed by atoms with Crippen molar-refractivity contribution in [3.05, 3.63) is 60.2 Å². The van der Waals surface area contributed by atoms with Crippen LogP contribution in [0.1, 0.15) is 24.3 Å². The van der Waals surface area contributed by atoms with Crippen LogP contribution in [0.3, 0.4) is 0 Å². The highest BCUT2D eigenvalue weighted by molar-refractivity contribution is 5.33. The fourth-order valence-corrected chi connectivity index (χ4v) is 3.50. The lowest BCUT2D eigenvalue weighted by Crippen LogP contribution is -2.59.